The van der Waals surface area contributed by atoms with Gasteiger partial charge in [-0.1, -0.05) is 52.1 Å². The molecule has 0 saturated carbocycles. The van der Waals surface area contributed by atoms with Crippen LogP contribution in [0.15, 0.2) is 30.3 Å². The molecule has 35 heavy (non-hydrogen) atoms. The molecule has 0 atom stereocenters. The number of urea groups is 2. The molecular formula is C21H34N8O4SSi. The van der Waals surface area contributed by atoms with Gasteiger partial charge in [-0.25, -0.2) is 34.3 Å². The van der Waals surface area contributed by atoms with Crippen molar-refractivity contribution in [2.45, 2.75) is 45.3 Å². The number of carbonyl (C=O) groups excluding carboxylic acids is 2. The fourth-order valence-electron chi connectivity index (χ4n) is 3.51. The summed E-state index contributed by atoms with van der Waals surface area (Å²) in [5.41, 5.74) is 6.24. The Balaban J connectivity index is 2.09. The summed E-state index contributed by atoms with van der Waals surface area (Å²) in [7, 11) is -3.35. The molecule has 4 N–H and O–H groups in total. The highest BCUT2D eigenvalue weighted by Gasteiger charge is 2.45. The summed E-state index contributed by atoms with van der Waals surface area (Å²) in [5, 5.41) is 1.04. The summed E-state index contributed by atoms with van der Waals surface area (Å²) in [5.74, 6) is 5.60. The van der Waals surface area contributed by atoms with Crippen LogP contribution in [0, 0.1) is 0 Å². The first-order valence-corrected chi connectivity index (χ1v) is 15.5. The van der Waals surface area contributed by atoms with Gasteiger partial charge in [0, 0.05) is 27.1 Å². The Kier molecular flexibility index (Phi) is 7.05. The SMILES string of the molecule is CN(C)S(=O)(=O)n1c([Si](C)(C)C(C)(C)C)nc2c1CCN(C(=O)N(C(=O)NN)c1ccccc1)N2. The van der Waals surface area contributed by atoms with Crippen molar-refractivity contribution in [3.8, 4) is 0 Å². The first-order valence-electron chi connectivity index (χ1n) is 11.1. The first kappa shape index (κ1) is 26.7. The maximum Gasteiger partial charge on any atom is 0.351 e. The average molecular weight is 523 g/mol. The van der Waals surface area contributed by atoms with Gasteiger partial charge in [0.2, 0.25) is 0 Å². The Morgan fingerprint density at radius 1 is 1.17 bits per heavy atom. The number of hydrazine groups is 2. The van der Waals surface area contributed by atoms with Gasteiger partial charge in [-0.3, -0.25) is 10.9 Å². The number of nitrogens with two attached hydrogens (primary N) is 1. The number of imide groups is 1. The number of nitrogens with one attached hydrogen (secondary N) is 2. The van der Waals surface area contributed by atoms with Crippen LogP contribution in [0.25, 0.3) is 0 Å². The van der Waals surface area contributed by atoms with Crippen molar-refractivity contribution in [3.63, 3.8) is 0 Å². The number of imidazole rings is 1. The normalized spacial score (nSPS) is 14.4. The summed E-state index contributed by atoms with van der Waals surface area (Å²) in [6, 6.07) is 6.88. The fourth-order valence-corrected chi connectivity index (χ4v) is 7.29. The number of anilines is 2. The Hall–Kier alpha value is -2.94. The predicted molar refractivity (Wildman–Crippen MR) is 138 cm³/mol. The van der Waals surface area contributed by atoms with Crippen molar-refractivity contribution in [2.75, 3.05) is 31.0 Å². The van der Waals surface area contributed by atoms with Crippen LogP contribution in [0.5, 0.6) is 0 Å². The number of para-hydroxylation sites is 1. The van der Waals surface area contributed by atoms with Crippen LogP contribution in [0.1, 0.15) is 26.5 Å². The largest absolute Gasteiger partial charge is 0.351 e. The highest BCUT2D eigenvalue weighted by molar-refractivity contribution is 7.87. The molecule has 0 saturated heterocycles. The Bertz CT molecular complexity index is 1220. The number of fused-ring (bicyclic) bond motifs is 1. The van der Waals surface area contributed by atoms with E-state index < -0.39 is 30.3 Å². The molecule has 0 bridgehead atoms. The minimum Gasteiger partial charge on any atom is -0.276 e. The van der Waals surface area contributed by atoms with E-state index in [0.29, 0.717) is 16.8 Å². The molecule has 12 nitrogen and oxygen atoms in total. The third kappa shape index (κ3) is 4.65. The number of rotatable bonds is 4. The third-order valence-corrected chi connectivity index (χ3v) is 13.8. The van der Waals surface area contributed by atoms with Crippen molar-refractivity contribution < 1.29 is 18.0 Å². The lowest BCUT2D eigenvalue weighted by molar-refractivity contribution is 0.209. The molecule has 1 aromatic carbocycles. The quantitative estimate of drug-likeness (QED) is 0.239. The van der Waals surface area contributed by atoms with Crippen LogP contribution in [0.3, 0.4) is 0 Å². The van der Waals surface area contributed by atoms with E-state index in [-0.39, 0.29) is 23.8 Å². The average Bonchev–Trinajstić information content (AvgIpc) is 3.19. The highest BCUT2D eigenvalue weighted by Crippen LogP contribution is 2.37. The molecule has 192 valence electrons. The maximum atomic E-state index is 13.4. The molecule has 14 heteroatoms. The summed E-state index contributed by atoms with van der Waals surface area (Å²) in [6.45, 7) is 10.5. The maximum absolute atomic E-state index is 13.4. The monoisotopic (exact) mass is 522 g/mol. The van der Waals surface area contributed by atoms with E-state index in [1.54, 1.807) is 30.3 Å². The number of hydrogen-bond acceptors (Lipinski definition) is 7. The van der Waals surface area contributed by atoms with E-state index in [9.17, 15) is 18.0 Å². The Morgan fingerprint density at radius 3 is 2.29 bits per heavy atom. The minimum absolute atomic E-state index is 0.110. The van der Waals surface area contributed by atoms with Crippen molar-refractivity contribution in [1.29, 1.82) is 0 Å². The van der Waals surface area contributed by atoms with E-state index >= 15 is 0 Å². The number of hydrogen-bond donors (Lipinski definition) is 3. The summed E-state index contributed by atoms with van der Waals surface area (Å²) >= 11 is 0. The zero-order valence-corrected chi connectivity index (χ0v) is 23.0. The fraction of sp³-hybridized carbons (Fsp3) is 0.476. The van der Waals surface area contributed by atoms with Crippen LogP contribution < -0.4 is 27.0 Å². The summed E-state index contributed by atoms with van der Waals surface area (Å²) < 4.78 is 29.3. The lowest BCUT2D eigenvalue weighted by Gasteiger charge is -2.36. The number of carbonyl (C=O) groups is 2. The van der Waals surface area contributed by atoms with Gasteiger partial charge in [0.15, 0.2) is 5.82 Å². The molecule has 3 rings (SSSR count). The number of nitrogens with zero attached hydrogens (tertiary/aromatic N) is 5. The van der Waals surface area contributed by atoms with Crippen LogP contribution in [-0.4, -0.2) is 67.5 Å². The molecule has 0 spiro atoms. The van der Waals surface area contributed by atoms with Gasteiger partial charge in [0.25, 0.3) is 0 Å². The second-order valence-electron chi connectivity index (χ2n) is 10.1. The van der Waals surface area contributed by atoms with Crippen molar-refractivity contribution in [2.24, 2.45) is 5.84 Å². The number of aromatic nitrogens is 2. The van der Waals surface area contributed by atoms with Gasteiger partial charge in [-0.15, -0.1) is 0 Å². The van der Waals surface area contributed by atoms with Gasteiger partial charge < -0.3 is 0 Å². The molecule has 2 aromatic rings. The summed E-state index contributed by atoms with van der Waals surface area (Å²) in [4.78, 5) is 31.5. The molecule has 1 aliphatic heterocycles. The molecular weight excluding hydrogens is 488 g/mol. The van der Waals surface area contributed by atoms with E-state index in [1.165, 1.54) is 23.1 Å². The Labute approximate surface area is 207 Å². The molecule has 0 unspecified atom stereocenters. The number of benzene rings is 1. The van der Waals surface area contributed by atoms with Crippen LogP contribution in [-0.2, 0) is 16.6 Å². The van der Waals surface area contributed by atoms with E-state index in [1.807, 2.05) is 5.43 Å². The minimum atomic E-state index is -3.88. The molecule has 1 aliphatic rings. The van der Waals surface area contributed by atoms with Crippen molar-refractivity contribution in [3.05, 3.63) is 36.0 Å². The second kappa shape index (κ2) is 9.26. The number of amides is 4. The predicted octanol–water partition coefficient (Wildman–Crippen LogP) is 1.65. The van der Waals surface area contributed by atoms with Gasteiger partial charge in [0.1, 0.15) is 13.5 Å². The van der Waals surface area contributed by atoms with Crippen molar-refractivity contribution in [1.82, 2.24) is 23.7 Å². The zero-order valence-electron chi connectivity index (χ0n) is 21.2. The summed E-state index contributed by atoms with van der Waals surface area (Å²) in [6.07, 6.45) is 0.218. The third-order valence-electron chi connectivity index (χ3n) is 6.63. The van der Waals surface area contributed by atoms with Gasteiger partial charge in [-0.05, 0) is 17.2 Å². The van der Waals surface area contributed by atoms with Crippen LogP contribution in [0.2, 0.25) is 18.1 Å². The van der Waals surface area contributed by atoms with E-state index in [4.69, 9.17) is 10.8 Å². The molecule has 0 aliphatic carbocycles. The second-order valence-corrected chi connectivity index (χ2v) is 17.3. The van der Waals surface area contributed by atoms with Gasteiger partial charge >= 0.3 is 22.3 Å². The van der Waals surface area contributed by atoms with Gasteiger partial charge in [0.05, 0.1) is 11.4 Å². The molecule has 2 heterocycles. The van der Waals surface area contributed by atoms with Gasteiger partial charge in [-0.2, -0.15) is 12.7 Å². The highest BCUT2D eigenvalue weighted by atomic mass is 32.2. The zero-order chi connectivity index (χ0) is 26.3. The molecule has 4 amide bonds. The molecule has 0 fully saturated rings. The lowest BCUT2D eigenvalue weighted by atomic mass is 10.2. The van der Waals surface area contributed by atoms with Crippen molar-refractivity contribution >= 4 is 47.3 Å². The topological polar surface area (TPSA) is 146 Å². The standard InChI is InChI=1S/C21H34N8O4SSi/c1-21(2,3)35(6,7)19-23-17-16(29(19)34(32,33)26(4)5)13-14-27(25-17)20(31)28(18(30)24-22)15-11-9-8-10-12-15/h8-12,25H,13-14,22H2,1-7H3,(H,24,30). The molecule has 0 radical (unpaired) electrons. The molecule has 1 aromatic heterocycles. The smallest absolute Gasteiger partial charge is 0.276 e. The van der Waals surface area contributed by atoms with Crippen LogP contribution >= 0.6 is 0 Å². The van der Waals surface area contributed by atoms with Crippen LogP contribution in [0.4, 0.5) is 21.1 Å². The first-order chi connectivity index (χ1) is 16.1. The van der Waals surface area contributed by atoms with E-state index in [2.05, 4.69) is 39.3 Å². The van der Waals surface area contributed by atoms with E-state index in [0.717, 1.165) is 9.21 Å². The Morgan fingerprint density at radius 2 is 1.77 bits per heavy atom. The lowest BCUT2D eigenvalue weighted by Crippen LogP contribution is -2.56.